The summed E-state index contributed by atoms with van der Waals surface area (Å²) in [7, 11) is -1.68. The Morgan fingerprint density at radius 3 is 2.33 bits per heavy atom. The molecule has 0 bridgehead atoms. The van der Waals surface area contributed by atoms with Crippen LogP contribution in [0, 0.1) is 5.92 Å². The molecule has 0 aromatic heterocycles. The highest BCUT2D eigenvalue weighted by Crippen LogP contribution is 2.42. The minimum atomic E-state index is -3.15. The molecule has 122 valence electrons. The SMILES string of the molecule is COC1CS(=O)(=O)CC1NC(=O)C1CC(C)(C)OC1(C)C. The molecule has 7 heteroatoms. The second-order valence-corrected chi connectivity index (χ2v) is 9.34. The molecule has 0 radical (unpaired) electrons. The van der Waals surface area contributed by atoms with Crippen LogP contribution in [0.5, 0.6) is 0 Å². The Kier molecular flexibility index (Phi) is 4.14. The standard InChI is InChI=1S/C14H25NO5S/c1-13(2)6-9(14(3,4)20-13)12(16)15-10-7-21(17,18)8-11(10)19-5/h9-11H,6-8H2,1-5H3,(H,15,16). The van der Waals surface area contributed by atoms with Gasteiger partial charge in [-0.25, -0.2) is 8.42 Å². The topological polar surface area (TPSA) is 81.7 Å². The van der Waals surface area contributed by atoms with E-state index in [9.17, 15) is 13.2 Å². The molecule has 0 spiro atoms. The van der Waals surface area contributed by atoms with Gasteiger partial charge in [-0.15, -0.1) is 0 Å². The van der Waals surface area contributed by atoms with Crippen LogP contribution in [0.25, 0.3) is 0 Å². The van der Waals surface area contributed by atoms with E-state index < -0.39 is 27.6 Å². The first-order valence-electron chi connectivity index (χ1n) is 7.19. The zero-order valence-corrected chi connectivity index (χ0v) is 14.1. The van der Waals surface area contributed by atoms with E-state index in [1.807, 2.05) is 27.7 Å². The van der Waals surface area contributed by atoms with Gasteiger partial charge < -0.3 is 14.8 Å². The van der Waals surface area contributed by atoms with Crippen LogP contribution in [0.4, 0.5) is 0 Å². The van der Waals surface area contributed by atoms with Crippen molar-refractivity contribution >= 4 is 15.7 Å². The quantitative estimate of drug-likeness (QED) is 0.819. The summed E-state index contributed by atoms with van der Waals surface area (Å²) in [6, 6.07) is -0.480. The van der Waals surface area contributed by atoms with E-state index in [1.165, 1.54) is 7.11 Å². The lowest BCUT2D eigenvalue weighted by Gasteiger charge is -2.28. The van der Waals surface area contributed by atoms with Crippen LogP contribution in [0.2, 0.25) is 0 Å². The summed E-state index contributed by atoms with van der Waals surface area (Å²) in [5.74, 6) is -0.554. The Bertz CT molecular complexity index is 525. The fourth-order valence-corrected chi connectivity index (χ4v) is 5.29. The fraction of sp³-hybridized carbons (Fsp3) is 0.929. The number of methoxy groups -OCH3 is 1. The Morgan fingerprint density at radius 1 is 1.24 bits per heavy atom. The number of sulfone groups is 1. The number of amides is 1. The summed E-state index contributed by atoms with van der Waals surface area (Å²) in [6.07, 6.45) is 0.139. The summed E-state index contributed by atoms with van der Waals surface area (Å²) in [5, 5.41) is 2.85. The molecule has 1 amide bonds. The lowest BCUT2D eigenvalue weighted by atomic mass is 9.86. The van der Waals surface area contributed by atoms with Crippen LogP contribution in [-0.2, 0) is 24.1 Å². The van der Waals surface area contributed by atoms with E-state index in [0.717, 1.165) is 0 Å². The van der Waals surface area contributed by atoms with Crippen molar-refractivity contribution in [3.63, 3.8) is 0 Å². The molecule has 0 aromatic carbocycles. The van der Waals surface area contributed by atoms with Crippen molar-refractivity contribution in [1.82, 2.24) is 5.32 Å². The number of hydrogen-bond acceptors (Lipinski definition) is 5. The fourth-order valence-electron chi connectivity index (χ4n) is 3.44. The van der Waals surface area contributed by atoms with Crippen LogP contribution < -0.4 is 5.32 Å². The van der Waals surface area contributed by atoms with Gasteiger partial charge in [-0.2, -0.15) is 0 Å². The van der Waals surface area contributed by atoms with Crippen molar-refractivity contribution in [2.24, 2.45) is 5.92 Å². The zero-order chi connectivity index (χ0) is 16.1. The van der Waals surface area contributed by atoms with Gasteiger partial charge in [0.15, 0.2) is 9.84 Å². The lowest BCUT2D eigenvalue weighted by molar-refractivity contribution is -0.132. The highest BCUT2D eigenvalue weighted by atomic mass is 32.2. The predicted octanol–water partition coefficient (Wildman–Crippen LogP) is 0.508. The first-order valence-corrected chi connectivity index (χ1v) is 9.02. The minimum absolute atomic E-state index is 0.0372. The number of nitrogens with one attached hydrogen (secondary N) is 1. The van der Waals surface area contributed by atoms with Gasteiger partial charge in [0.25, 0.3) is 0 Å². The minimum Gasteiger partial charge on any atom is -0.378 e. The molecular formula is C14H25NO5S. The largest absolute Gasteiger partial charge is 0.378 e. The van der Waals surface area contributed by atoms with E-state index in [2.05, 4.69) is 5.32 Å². The van der Waals surface area contributed by atoms with Gasteiger partial charge >= 0.3 is 0 Å². The number of carbonyl (C=O) groups excluding carboxylic acids is 1. The van der Waals surface area contributed by atoms with Gasteiger partial charge in [-0.3, -0.25) is 4.79 Å². The van der Waals surface area contributed by atoms with Gasteiger partial charge in [-0.1, -0.05) is 0 Å². The molecule has 3 unspecified atom stereocenters. The third-order valence-electron chi connectivity index (χ3n) is 4.32. The van der Waals surface area contributed by atoms with Crippen molar-refractivity contribution in [3.05, 3.63) is 0 Å². The second kappa shape index (κ2) is 5.21. The lowest BCUT2D eigenvalue weighted by Crippen LogP contribution is -2.49. The first kappa shape index (κ1) is 16.7. The third-order valence-corrected chi connectivity index (χ3v) is 6.02. The zero-order valence-electron chi connectivity index (χ0n) is 13.3. The van der Waals surface area contributed by atoms with Gasteiger partial charge in [0.1, 0.15) is 0 Å². The maximum Gasteiger partial charge on any atom is 0.226 e. The number of carbonyl (C=O) groups is 1. The third kappa shape index (κ3) is 3.57. The van der Waals surface area contributed by atoms with E-state index in [-0.39, 0.29) is 28.9 Å². The molecule has 2 aliphatic heterocycles. The number of rotatable bonds is 3. The number of hydrogen-bond donors (Lipinski definition) is 1. The summed E-state index contributed by atoms with van der Waals surface area (Å²) in [4.78, 5) is 12.5. The first-order chi connectivity index (χ1) is 9.46. The van der Waals surface area contributed by atoms with Crippen molar-refractivity contribution in [1.29, 1.82) is 0 Å². The van der Waals surface area contributed by atoms with Crippen molar-refractivity contribution < 1.29 is 22.7 Å². The second-order valence-electron chi connectivity index (χ2n) is 7.19. The average molecular weight is 319 g/mol. The molecule has 2 heterocycles. The summed E-state index contributed by atoms with van der Waals surface area (Å²) in [5.41, 5.74) is -0.915. The molecule has 3 atom stereocenters. The van der Waals surface area contributed by atoms with Gasteiger partial charge in [0.05, 0.1) is 40.8 Å². The molecule has 21 heavy (non-hydrogen) atoms. The van der Waals surface area contributed by atoms with Crippen LogP contribution in [-0.4, -0.2) is 56.3 Å². The molecule has 0 saturated carbocycles. The molecular weight excluding hydrogens is 294 g/mol. The Morgan fingerprint density at radius 2 is 1.86 bits per heavy atom. The number of ether oxygens (including phenoxy) is 2. The van der Waals surface area contributed by atoms with Crippen molar-refractivity contribution in [2.75, 3.05) is 18.6 Å². The molecule has 2 saturated heterocycles. The molecule has 0 aromatic rings. The van der Waals surface area contributed by atoms with E-state index >= 15 is 0 Å². The molecule has 2 fully saturated rings. The van der Waals surface area contributed by atoms with Crippen LogP contribution in [0.3, 0.4) is 0 Å². The van der Waals surface area contributed by atoms with E-state index in [4.69, 9.17) is 9.47 Å². The summed E-state index contributed by atoms with van der Waals surface area (Å²) < 4.78 is 34.5. The molecule has 6 nitrogen and oxygen atoms in total. The van der Waals surface area contributed by atoms with Crippen molar-refractivity contribution in [3.8, 4) is 0 Å². The normalized spacial score (nSPS) is 36.5. The van der Waals surface area contributed by atoms with Crippen LogP contribution in [0.15, 0.2) is 0 Å². The predicted molar refractivity (Wildman–Crippen MR) is 78.7 cm³/mol. The molecule has 2 aliphatic rings. The smallest absolute Gasteiger partial charge is 0.226 e. The van der Waals surface area contributed by atoms with Crippen LogP contribution in [0.1, 0.15) is 34.1 Å². The van der Waals surface area contributed by atoms with Gasteiger partial charge in [-0.05, 0) is 34.1 Å². The maximum absolute atomic E-state index is 12.5. The maximum atomic E-state index is 12.5. The van der Waals surface area contributed by atoms with Crippen molar-refractivity contribution in [2.45, 2.75) is 57.5 Å². The highest BCUT2D eigenvalue weighted by Gasteiger charge is 2.50. The average Bonchev–Trinajstić information content (AvgIpc) is 2.70. The Hall–Kier alpha value is -0.660. The molecule has 0 aliphatic carbocycles. The van der Waals surface area contributed by atoms with Gasteiger partial charge in [0, 0.05) is 7.11 Å². The van der Waals surface area contributed by atoms with E-state index in [0.29, 0.717) is 6.42 Å². The summed E-state index contributed by atoms with van der Waals surface area (Å²) in [6.45, 7) is 7.70. The van der Waals surface area contributed by atoms with E-state index in [1.54, 1.807) is 0 Å². The van der Waals surface area contributed by atoms with Gasteiger partial charge in [0.2, 0.25) is 5.91 Å². The van der Waals surface area contributed by atoms with Crippen LogP contribution >= 0.6 is 0 Å². The molecule has 2 rings (SSSR count). The highest BCUT2D eigenvalue weighted by molar-refractivity contribution is 7.91. The Labute approximate surface area is 126 Å². The monoisotopic (exact) mass is 319 g/mol. The molecule has 1 N–H and O–H groups in total. The Balaban J connectivity index is 2.08. The summed E-state index contributed by atoms with van der Waals surface area (Å²) >= 11 is 0.